The molecule has 11 heteroatoms. The van der Waals surface area contributed by atoms with Gasteiger partial charge in [-0.15, -0.1) is 10.2 Å². The van der Waals surface area contributed by atoms with E-state index in [9.17, 15) is 4.39 Å². The maximum atomic E-state index is 14.9. The smallest absolute Gasteiger partial charge is 0.225 e. The summed E-state index contributed by atoms with van der Waals surface area (Å²) >= 11 is 0. The molecule has 0 aliphatic carbocycles. The fourth-order valence-electron chi connectivity index (χ4n) is 5.44. The topological polar surface area (TPSA) is 92.9 Å². The molecule has 1 aromatic carbocycles. The summed E-state index contributed by atoms with van der Waals surface area (Å²) < 4.78 is 28.9. The first-order valence-electron chi connectivity index (χ1n) is 12.6. The molecule has 1 fully saturated rings. The number of nitrogens with one attached hydrogen (secondary N) is 1. The lowest BCUT2D eigenvalue weighted by atomic mass is 9.92. The molecule has 3 aliphatic rings. The Bertz CT molecular complexity index is 1470. The second-order valence-electron chi connectivity index (χ2n) is 9.79. The summed E-state index contributed by atoms with van der Waals surface area (Å²) in [5, 5.41) is 11.9. The monoisotopic (exact) mass is 502 g/mol. The van der Waals surface area contributed by atoms with Crippen molar-refractivity contribution in [3.63, 3.8) is 0 Å². The van der Waals surface area contributed by atoms with Gasteiger partial charge < -0.3 is 24.6 Å². The Morgan fingerprint density at radius 1 is 1.05 bits per heavy atom. The molecule has 0 amide bonds. The number of rotatable bonds is 2. The van der Waals surface area contributed by atoms with Crippen LogP contribution in [0.3, 0.4) is 0 Å². The summed E-state index contributed by atoms with van der Waals surface area (Å²) in [5.41, 5.74) is 3.85. The number of hydrogen-bond acceptors (Lipinski definition) is 9. The number of hydrogen-bond donors (Lipinski definition) is 1. The van der Waals surface area contributed by atoms with Crippen LogP contribution in [0.1, 0.15) is 23.5 Å². The number of nitrogens with zero attached hydrogens (tertiary/aromatic N) is 7. The largest absolute Gasteiger partial charge is 0.493 e. The molecule has 0 bridgehead atoms. The van der Waals surface area contributed by atoms with Crippen LogP contribution in [0, 0.1) is 5.82 Å². The third-order valence-corrected chi connectivity index (χ3v) is 7.54. The van der Waals surface area contributed by atoms with E-state index in [1.165, 1.54) is 6.07 Å². The van der Waals surface area contributed by atoms with Gasteiger partial charge in [-0.1, -0.05) is 0 Å². The highest BCUT2D eigenvalue weighted by Crippen LogP contribution is 2.42. The van der Waals surface area contributed by atoms with Crippen molar-refractivity contribution in [2.24, 2.45) is 0 Å². The average Bonchev–Trinajstić information content (AvgIpc) is 3.57. The van der Waals surface area contributed by atoms with E-state index in [-0.39, 0.29) is 11.7 Å². The van der Waals surface area contributed by atoms with Crippen LogP contribution in [0.5, 0.6) is 11.5 Å². The minimum atomic E-state index is -0.237. The first-order valence-corrected chi connectivity index (χ1v) is 12.6. The lowest BCUT2D eigenvalue weighted by molar-refractivity contribution is 0.270. The number of pyridine rings is 1. The van der Waals surface area contributed by atoms with Crippen molar-refractivity contribution >= 4 is 17.4 Å². The molecule has 6 heterocycles. The molecular formula is C26H27FN8O2. The van der Waals surface area contributed by atoms with Gasteiger partial charge in [0.15, 0.2) is 17.2 Å². The molecule has 3 aliphatic heterocycles. The number of aromatic nitrogens is 5. The van der Waals surface area contributed by atoms with Crippen molar-refractivity contribution in [3.05, 3.63) is 53.9 Å². The maximum absolute atomic E-state index is 14.9. The van der Waals surface area contributed by atoms with Crippen LogP contribution in [-0.2, 0) is 6.54 Å². The summed E-state index contributed by atoms with van der Waals surface area (Å²) in [7, 11) is 2.13. The van der Waals surface area contributed by atoms with Crippen LogP contribution in [0.2, 0.25) is 0 Å². The van der Waals surface area contributed by atoms with E-state index < -0.39 is 0 Å². The molecular weight excluding hydrogens is 475 g/mol. The number of piperazine rings is 1. The highest BCUT2D eigenvalue weighted by molar-refractivity contribution is 5.81. The van der Waals surface area contributed by atoms with Gasteiger partial charge in [0.25, 0.3) is 0 Å². The normalized spacial score (nSPS) is 19.5. The minimum Gasteiger partial charge on any atom is -0.493 e. The molecule has 4 aromatic rings. The molecule has 7 rings (SSSR count). The third kappa shape index (κ3) is 3.81. The third-order valence-electron chi connectivity index (χ3n) is 7.54. The average molecular weight is 503 g/mol. The van der Waals surface area contributed by atoms with Gasteiger partial charge in [-0.2, -0.15) is 0 Å². The van der Waals surface area contributed by atoms with Crippen molar-refractivity contribution in [1.29, 1.82) is 0 Å². The Labute approximate surface area is 213 Å². The van der Waals surface area contributed by atoms with Crippen LogP contribution in [0.25, 0.3) is 16.8 Å². The van der Waals surface area contributed by atoms with E-state index in [1.807, 2.05) is 22.9 Å². The lowest BCUT2D eigenvalue weighted by Crippen LogP contribution is -2.45. The predicted molar refractivity (Wildman–Crippen MR) is 136 cm³/mol. The van der Waals surface area contributed by atoms with Crippen LogP contribution >= 0.6 is 0 Å². The van der Waals surface area contributed by atoms with Crippen LogP contribution < -0.4 is 19.7 Å². The zero-order chi connectivity index (χ0) is 24.9. The van der Waals surface area contributed by atoms with Gasteiger partial charge in [0.05, 0.1) is 13.2 Å². The molecule has 1 atom stereocenters. The molecule has 10 nitrogen and oxygen atoms in total. The molecule has 0 radical (unpaired) electrons. The van der Waals surface area contributed by atoms with E-state index in [1.54, 1.807) is 12.4 Å². The standard InChI is InChI=1S/C26H27FN8O2/c1-33-5-7-34(8-6-33)26-29-11-17(12-30-26)18-10-22-25(35-15-31-32-24(18)35)28-13-19-20(27)2-3-21-23(19)16(14-37-21)4-9-36-22/h2-3,10-12,15-16,28H,4-9,13-14H2,1H3/t16-/m0/s1. The van der Waals surface area contributed by atoms with Gasteiger partial charge in [-0.25, -0.2) is 14.4 Å². The van der Waals surface area contributed by atoms with E-state index >= 15 is 0 Å². The highest BCUT2D eigenvalue weighted by atomic mass is 19.1. The van der Waals surface area contributed by atoms with Gasteiger partial charge in [0.1, 0.15) is 17.9 Å². The summed E-state index contributed by atoms with van der Waals surface area (Å²) in [6.45, 7) is 5.08. The molecule has 0 unspecified atom stereocenters. The molecule has 190 valence electrons. The van der Waals surface area contributed by atoms with E-state index in [4.69, 9.17) is 9.47 Å². The van der Waals surface area contributed by atoms with Gasteiger partial charge >= 0.3 is 0 Å². The number of anilines is 2. The number of halogens is 1. The van der Waals surface area contributed by atoms with Gasteiger partial charge in [0.2, 0.25) is 5.95 Å². The Hall–Kier alpha value is -3.99. The number of ether oxygens (including phenoxy) is 2. The van der Waals surface area contributed by atoms with Gasteiger partial charge in [-0.05, 0) is 31.7 Å². The van der Waals surface area contributed by atoms with E-state index in [0.717, 1.165) is 61.0 Å². The van der Waals surface area contributed by atoms with E-state index in [2.05, 4.69) is 42.3 Å². The summed E-state index contributed by atoms with van der Waals surface area (Å²) in [5.74, 6) is 2.66. The van der Waals surface area contributed by atoms with Crippen molar-refractivity contribution in [2.45, 2.75) is 18.9 Å². The van der Waals surface area contributed by atoms with E-state index in [0.29, 0.717) is 42.5 Å². The molecule has 1 saturated heterocycles. The van der Waals surface area contributed by atoms with Crippen LogP contribution in [0.15, 0.2) is 36.9 Å². The molecule has 0 spiro atoms. The van der Waals surface area contributed by atoms with Gasteiger partial charge in [0, 0.05) is 73.3 Å². The number of fused-ring (bicyclic) bond motifs is 3. The highest BCUT2D eigenvalue weighted by Gasteiger charge is 2.30. The molecule has 37 heavy (non-hydrogen) atoms. The predicted octanol–water partition coefficient (Wildman–Crippen LogP) is 2.95. The fraction of sp³-hybridized carbons (Fsp3) is 0.385. The van der Waals surface area contributed by atoms with Crippen LogP contribution in [-0.4, -0.2) is 75.9 Å². The lowest BCUT2D eigenvalue weighted by Gasteiger charge is -2.32. The Kier molecular flexibility index (Phi) is 5.31. The Morgan fingerprint density at radius 2 is 1.89 bits per heavy atom. The zero-order valence-electron chi connectivity index (χ0n) is 20.5. The summed E-state index contributed by atoms with van der Waals surface area (Å²) in [6, 6.07) is 5.14. The second kappa shape index (κ2) is 8.84. The quantitative estimate of drug-likeness (QED) is 0.444. The maximum Gasteiger partial charge on any atom is 0.225 e. The number of likely N-dealkylation sites (N-methyl/N-ethyl adjacent to an activating group) is 1. The molecule has 3 aromatic heterocycles. The van der Waals surface area contributed by atoms with Crippen molar-refractivity contribution in [1.82, 2.24) is 29.5 Å². The van der Waals surface area contributed by atoms with Crippen LogP contribution in [0.4, 0.5) is 16.2 Å². The Morgan fingerprint density at radius 3 is 2.73 bits per heavy atom. The zero-order valence-corrected chi connectivity index (χ0v) is 20.5. The van der Waals surface area contributed by atoms with Crippen molar-refractivity contribution in [3.8, 4) is 22.6 Å². The SMILES string of the molecule is CN1CCN(c2ncc(-c3cc4c(n5cnnc35)NCc3c(F)ccc5c3[C@@H](CCO4)CO5)cn2)CC1. The molecule has 1 N–H and O–H groups in total. The first-order chi connectivity index (χ1) is 18.2. The number of benzene rings is 1. The Balaban J connectivity index is 1.25. The summed E-state index contributed by atoms with van der Waals surface area (Å²) in [6.07, 6.45) is 6.01. The molecule has 0 saturated carbocycles. The fourth-order valence-corrected chi connectivity index (χ4v) is 5.44. The first kappa shape index (κ1) is 22.2. The van der Waals surface area contributed by atoms with Gasteiger partial charge in [-0.3, -0.25) is 4.40 Å². The van der Waals surface area contributed by atoms with Crippen molar-refractivity contribution < 1.29 is 13.9 Å². The second-order valence-corrected chi connectivity index (χ2v) is 9.79. The summed E-state index contributed by atoms with van der Waals surface area (Å²) in [4.78, 5) is 13.8. The minimum absolute atomic E-state index is 0.0951. The van der Waals surface area contributed by atoms with Crippen molar-refractivity contribution in [2.75, 3.05) is 56.7 Å².